The average Bonchev–Trinajstić information content (AvgIpc) is 2.70. The van der Waals surface area contributed by atoms with Crippen LogP contribution in [-0.2, 0) is 10.8 Å². The van der Waals surface area contributed by atoms with Crippen LogP contribution in [0.3, 0.4) is 0 Å². The molecule has 0 aliphatic carbocycles. The van der Waals surface area contributed by atoms with Crippen LogP contribution in [0, 0.1) is 6.92 Å². The standard InChI is InChI=1S/C11H16N4OS/c1-3-17(16)7-5-12-11-13-10-8-9(2)4-6-15(10)14-11/h4,6,8H,3,5,7H2,1-2H3,(H,12,14). The summed E-state index contributed by atoms with van der Waals surface area (Å²) < 4.78 is 13.0. The van der Waals surface area contributed by atoms with E-state index in [1.165, 1.54) is 0 Å². The quantitative estimate of drug-likeness (QED) is 0.869. The van der Waals surface area contributed by atoms with Gasteiger partial charge in [-0.15, -0.1) is 5.10 Å². The highest BCUT2D eigenvalue weighted by Gasteiger charge is 2.03. The van der Waals surface area contributed by atoms with Gasteiger partial charge in [-0.1, -0.05) is 6.92 Å². The number of hydrogen-bond donors (Lipinski definition) is 1. The van der Waals surface area contributed by atoms with Gasteiger partial charge in [-0.2, -0.15) is 4.98 Å². The van der Waals surface area contributed by atoms with E-state index in [1.54, 1.807) is 4.52 Å². The molecule has 1 unspecified atom stereocenters. The van der Waals surface area contributed by atoms with Gasteiger partial charge in [0.2, 0.25) is 5.95 Å². The van der Waals surface area contributed by atoms with Gasteiger partial charge in [0.15, 0.2) is 5.65 Å². The fourth-order valence-electron chi connectivity index (χ4n) is 1.48. The minimum atomic E-state index is -0.747. The summed E-state index contributed by atoms with van der Waals surface area (Å²) in [6, 6.07) is 3.96. The van der Waals surface area contributed by atoms with Crippen molar-refractivity contribution in [3.8, 4) is 0 Å². The molecule has 0 spiro atoms. The van der Waals surface area contributed by atoms with E-state index in [4.69, 9.17) is 0 Å². The lowest BCUT2D eigenvalue weighted by molar-refractivity contribution is 0.684. The van der Waals surface area contributed by atoms with Crippen LogP contribution in [0.2, 0.25) is 0 Å². The van der Waals surface area contributed by atoms with Gasteiger partial charge in [0.05, 0.1) is 0 Å². The summed E-state index contributed by atoms with van der Waals surface area (Å²) in [4.78, 5) is 4.34. The maximum atomic E-state index is 11.2. The molecule has 0 aromatic carbocycles. The van der Waals surface area contributed by atoms with Crippen LogP contribution in [-0.4, -0.2) is 36.9 Å². The first-order valence-corrected chi connectivity index (χ1v) is 7.09. The van der Waals surface area contributed by atoms with E-state index in [0.29, 0.717) is 24.0 Å². The van der Waals surface area contributed by atoms with E-state index in [1.807, 2.05) is 32.2 Å². The molecule has 2 aromatic rings. The molecule has 2 aromatic heterocycles. The van der Waals surface area contributed by atoms with Gasteiger partial charge in [0.1, 0.15) is 0 Å². The molecule has 0 amide bonds. The highest BCUT2D eigenvalue weighted by Crippen LogP contribution is 2.07. The molecule has 5 nitrogen and oxygen atoms in total. The zero-order chi connectivity index (χ0) is 12.3. The molecule has 0 saturated carbocycles. The predicted molar refractivity (Wildman–Crippen MR) is 69.8 cm³/mol. The first-order chi connectivity index (χ1) is 8.19. The Morgan fingerprint density at radius 1 is 1.53 bits per heavy atom. The van der Waals surface area contributed by atoms with E-state index in [0.717, 1.165) is 11.2 Å². The van der Waals surface area contributed by atoms with Crippen molar-refractivity contribution in [2.45, 2.75) is 13.8 Å². The second-order valence-corrected chi connectivity index (χ2v) is 5.67. The van der Waals surface area contributed by atoms with Crippen LogP contribution in [0.15, 0.2) is 18.3 Å². The van der Waals surface area contributed by atoms with Gasteiger partial charge in [-0.05, 0) is 24.6 Å². The lowest BCUT2D eigenvalue weighted by atomic mass is 10.3. The van der Waals surface area contributed by atoms with Gasteiger partial charge >= 0.3 is 0 Å². The Bertz CT molecular complexity index is 537. The van der Waals surface area contributed by atoms with Crippen LogP contribution in [0.4, 0.5) is 5.95 Å². The molecule has 17 heavy (non-hydrogen) atoms. The Morgan fingerprint density at radius 3 is 3.12 bits per heavy atom. The van der Waals surface area contributed by atoms with Crippen molar-refractivity contribution in [3.05, 3.63) is 23.9 Å². The molecule has 0 aliphatic rings. The third-order valence-corrected chi connectivity index (χ3v) is 3.73. The topological polar surface area (TPSA) is 59.3 Å². The molecule has 0 bridgehead atoms. The van der Waals surface area contributed by atoms with Crippen LogP contribution < -0.4 is 5.32 Å². The molecule has 0 aliphatic heterocycles. The molecule has 2 rings (SSSR count). The number of fused-ring (bicyclic) bond motifs is 1. The smallest absolute Gasteiger partial charge is 0.243 e. The summed E-state index contributed by atoms with van der Waals surface area (Å²) >= 11 is 0. The molecule has 0 fully saturated rings. The Morgan fingerprint density at radius 2 is 2.35 bits per heavy atom. The zero-order valence-corrected chi connectivity index (χ0v) is 10.8. The summed E-state index contributed by atoms with van der Waals surface area (Å²) in [6.45, 7) is 4.57. The second kappa shape index (κ2) is 5.27. The normalized spacial score (nSPS) is 12.8. The highest BCUT2D eigenvalue weighted by atomic mass is 32.2. The van der Waals surface area contributed by atoms with E-state index in [2.05, 4.69) is 15.4 Å². The second-order valence-electron chi connectivity index (χ2n) is 3.80. The Labute approximate surface area is 103 Å². The van der Waals surface area contributed by atoms with Crippen molar-refractivity contribution in [2.75, 3.05) is 23.4 Å². The molecule has 0 radical (unpaired) electrons. The van der Waals surface area contributed by atoms with Gasteiger partial charge < -0.3 is 5.32 Å². The number of hydrogen-bond acceptors (Lipinski definition) is 4. The van der Waals surface area contributed by atoms with Gasteiger partial charge in [-0.25, -0.2) is 4.52 Å². The molecule has 2 heterocycles. The van der Waals surface area contributed by atoms with Crippen molar-refractivity contribution in [1.82, 2.24) is 14.6 Å². The van der Waals surface area contributed by atoms with E-state index < -0.39 is 10.8 Å². The summed E-state index contributed by atoms with van der Waals surface area (Å²) in [5.41, 5.74) is 1.98. The monoisotopic (exact) mass is 252 g/mol. The Hall–Kier alpha value is -1.43. The summed E-state index contributed by atoms with van der Waals surface area (Å²) in [5.74, 6) is 1.91. The third-order valence-electron chi connectivity index (χ3n) is 2.43. The lowest BCUT2D eigenvalue weighted by Gasteiger charge is -1.99. The maximum absolute atomic E-state index is 11.2. The van der Waals surface area contributed by atoms with E-state index in [9.17, 15) is 4.21 Å². The Kier molecular flexibility index (Phi) is 3.73. The van der Waals surface area contributed by atoms with E-state index in [-0.39, 0.29) is 0 Å². The van der Waals surface area contributed by atoms with Crippen molar-refractivity contribution < 1.29 is 4.21 Å². The largest absolute Gasteiger partial charge is 0.352 e. The van der Waals surface area contributed by atoms with Crippen molar-refractivity contribution in [2.24, 2.45) is 0 Å². The number of aryl methyl sites for hydroxylation is 1. The van der Waals surface area contributed by atoms with Crippen molar-refractivity contribution in [3.63, 3.8) is 0 Å². The summed E-state index contributed by atoms with van der Waals surface area (Å²) in [6.07, 6.45) is 1.88. The molecule has 92 valence electrons. The van der Waals surface area contributed by atoms with Crippen LogP contribution in [0.25, 0.3) is 5.65 Å². The van der Waals surface area contributed by atoms with Gasteiger partial charge in [0.25, 0.3) is 0 Å². The van der Waals surface area contributed by atoms with Crippen molar-refractivity contribution in [1.29, 1.82) is 0 Å². The van der Waals surface area contributed by atoms with Crippen LogP contribution in [0.5, 0.6) is 0 Å². The van der Waals surface area contributed by atoms with Crippen molar-refractivity contribution >= 4 is 22.4 Å². The molecule has 1 atom stereocenters. The average molecular weight is 252 g/mol. The number of aromatic nitrogens is 3. The van der Waals surface area contributed by atoms with E-state index >= 15 is 0 Å². The molecule has 6 heteroatoms. The molecule has 1 N–H and O–H groups in total. The van der Waals surface area contributed by atoms with Gasteiger partial charge in [-0.3, -0.25) is 4.21 Å². The lowest BCUT2D eigenvalue weighted by Crippen LogP contribution is -2.12. The SMILES string of the molecule is CCS(=O)CCNc1nc2cc(C)ccn2n1. The zero-order valence-electron chi connectivity index (χ0n) is 10.0. The molecule has 0 saturated heterocycles. The number of nitrogens with zero attached hydrogens (tertiary/aromatic N) is 3. The van der Waals surface area contributed by atoms with Crippen LogP contribution >= 0.6 is 0 Å². The minimum Gasteiger partial charge on any atom is -0.352 e. The van der Waals surface area contributed by atoms with Gasteiger partial charge in [0, 0.05) is 35.0 Å². The maximum Gasteiger partial charge on any atom is 0.243 e. The fourth-order valence-corrected chi connectivity index (χ4v) is 2.10. The first kappa shape index (κ1) is 12.0. The summed E-state index contributed by atoms with van der Waals surface area (Å²) in [7, 11) is -0.747. The number of rotatable bonds is 5. The highest BCUT2D eigenvalue weighted by molar-refractivity contribution is 7.84. The third kappa shape index (κ3) is 3.03. The predicted octanol–water partition coefficient (Wildman–Crippen LogP) is 1.22. The number of nitrogens with one attached hydrogen (secondary N) is 1. The number of anilines is 1. The van der Waals surface area contributed by atoms with Crippen LogP contribution in [0.1, 0.15) is 12.5 Å². The molecular weight excluding hydrogens is 236 g/mol. The number of pyridine rings is 1. The molecular formula is C11H16N4OS. The fraction of sp³-hybridized carbons (Fsp3) is 0.455. The Balaban J connectivity index is 2.02. The minimum absolute atomic E-state index is 0.587. The summed E-state index contributed by atoms with van der Waals surface area (Å²) in [5, 5.41) is 7.35. The first-order valence-electron chi connectivity index (χ1n) is 5.61.